The van der Waals surface area contributed by atoms with E-state index in [2.05, 4.69) is 41.7 Å². The number of piperidine rings is 1. The number of hydrogen-bond donors (Lipinski definition) is 2. The van der Waals surface area contributed by atoms with Gasteiger partial charge in [0.2, 0.25) is 11.8 Å². The summed E-state index contributed by atoms with van der Waals surface area (Å²) < 4.78 is 7.62. The van der Waals surface area contributed by atoms with E-state index in [1.54, 1.807) is 23.1 Å². The Kier molecular flexibility index (Phi) is 10.0. The molecule has 10 heteroatoms. The van der Waals surface area contributed by atoms with Crippen LogP contribution >= 0.6 is 11.6 Å². The average molecular weight is 740 g/mol. The second kappa shape index (κ2) is 14.8. The lowest BCUT2D eigenvalue weighted by Crippen LogP contribution is -2.45. The minimum atomic E-state index is -0.978. The first-order chi connectivity index (χ1) is 26.0. The van der Waals surface area contributed by atoms with E-state index in [1.165, 1.54) is 0 Å². The third-order valence-electron chi connectivity index (χ3n) is 9.82. The highest BCUT2D eigenvalue weighted by atomic mass is 35.5. The standard InChI is InChI=1S/C44H42ClN5O4/c1-43(2,3)54-42(53)49-25-13-14-31(28-49)41(52)47-40-36-26-29(35-27-30(39(46)51)21-23-37(35)45)22-24-38(36)50(48-40)44(32-15-7-4-8-16-32,33-17-9-5-10-18-33)34-19-11-6-12-20-34/h4-12,15-24,26-27,31H,13-14,25,28H2,1-3H3,(H2,46,51)(H,47,48,52). The Labute approximate surface area is 319 Å². The molecule has 6 aromatic rings. The summed E-state index contributed by atoms with van der Waals surface area (Å²) in [5.74, 6) is -0.959. The zero-order valence-electron chi connectivity index (χ0n) is 30.5. The molecule has 0 radical (unpaired) electrons. The molecule has 1 aliphatic heterocycles. The second-order valence-corrected chi connectivity index (χ2v) is 15.0. The van der Waals surface area contributed by atoms with Crippen LogP contribution in [0.25, 0.3) is 22.0 Å². The summed E-state index contributed by atoms with van der Waals surface area (Å²) in [5, 5.41) is 9.58. The molecule has 1 saturated heterocycles. The van der Waals surface area contributed by atoms with E-state index in [-0.39, 0.29) is 12.5 Å². The lowest BCUT2D eigenvalue weighted by molar-refractivity contribution is -0.121. The van der Waals surface area contributed by atoms with Crippen molar-refractivity contribution in [2.75, 3.05) is 18.4 Å². The molecule has 1 atom stereocenters. The molecule has 0 spiro atoms. The molecule has 2 heterocycles. The van der Waals surface area contributed by atoms with Crippen molar-refractivity contribution in [2.24, 2.45) is 11.7 Å². The topological polar surface area (TPSA) is 120 Å². The zero-order valence-corrected chi connectivity index (χ0v) is 31.2. The van der Waals surface area contributed by atoms with Crippen LogP contribution in [0.15, 0.2) is 127 Å². The number of anilines is 1. The number of nitrogens with one attached hydrogen (secondary N) is 1. The van der Waals surface area contributed by atoms with Crippen molar-refractivity contribution in [2.45, 2.75) is 44.8 Å². The molecule has 1 fully saturated rings. The number of primary amides is 1. The van der Waals surface area contributed by atoms with Gasteiger partial charge >= 0.3 is 6.09 Å². The number of fused-ring (bicyclic) bond motifs is 1. The number of nitrogens with zero attached hydrogens (tertiary/aromatic N) is 3. The summed E-state index contributed by atoms with van der Waals surface area (Å²) in [7, 11) is 0. The van der Waals surface area contributed by atoms with Gasteiger partial charge in [-0.15, -0.1) is 0 Å². The minimum Gasteiger partial charge on any atom is -0.444 e. The lowest BCUT2D eigenvalue weighted by atomic mass is 9.77. The molecule has 7 rings (SSSR count). The Morgan fingerprint density at radius 1 is 0.815 bits per heavy atom. The van der Waals surface area contributed by atoms with Crippen LogP contribution in [0.2, 0.25) is 5.02 Å². The molecule has 1 aliphatic rings. The first-order valence-electron chi connectivity index (χ1n) is 18.0. The van der Waals surface area contributed by atoms with E-state index < -0.39 is 29.1 Å². The van der Waals surface area contributed by atoms with Gasteiger partial charge in [0, 0.05) is 34.6 Å². The van der Waals surface area contributed by atoms with Crippen LogP contribution in [0.3, 0.4) is 0 Å². The number of nitrogens with two attached hydrogens (primary N) is 1. The van der Waals surface area contributed by atoms with Gasteiger partial charge in [-0.3, -0.25) is 9.59 Å². The molecular weight excluding hydrogens is 698 g/mol. The number of ether oxygens (including phenoxy) is 1. The largest absolute Gasteiger partial charge is 0.444 e. The minimum absolute atomic E-state index is 0.224. The number of carbonyl (C=O) groups excluding carboxylic acids is 3. The van der Waals surface area contributed by atoms with E-state index in [9.17, 15) is 14.4 Å². The summed E-state index contributed by atoms with van der Waals surface area (Å²) in [6.45, 7) is 6.21. The maximum absolute atomic E-state index is 14.3. The number of halogens is 1. The van der Waals surface area contributed by atoms with E-state index in [1.807, 2.05) is 98.2 Å². The van der Waals surface area contributed by atoms with Crippen molar-refractivity contribution in [3.8, 4) is 11.1 Å². The quantitative estimate of drug-likeness (QED) is 0.151. The van der Waals surface area contributed by atoms with Gasteiger partial charge in [0.25, 0.3) is 0 Å². The van der Waals surface area contributed by atoms with Crippen LogP contribution in [0.4, 0.5) is 10.6 Å². The van der Waals surface area contributed by atoms with Crippen LogP contribution in [-0.2, 0) is 15.1 Å². The Morgan fingerprint density at radius 2 is 1.41 bits per heavy atom. The van der Waals surface area contributed by atoms with Crippen LogP contribution in [0, 0.1) is 5.92 Å². The number of aromatic nitrogens is 2. The Balaban J connectivity index is 1.43. The van der Waals surface area contributed by atoms with Crippen molar-refractivity contribution in [3.63, 3.8) is 0 Å². The van der Waals surface area contributed by atoms with Crippen molar-refractivity contribution in [1.82, 2.24) is 14.7 Å². The van der Waals surface area contributed by atoms with Crippen LogP contribution in [0.5, 0.6) is 0 Å². The molecule has 0 bridgehead atoms. The molecule has 54 heavy (non-hydrogen) atoms. The Hall–Kier alpha value is -5.93. The average Bonchev–Trinajstić information content (AvgIpc) is 3.53. The molecule has 9 nitrogen and oxygen atoms in total. The summed E-state index contributed by atoms with van der Waals surface area (Å²) in [6, 6.07) is 41.3. The highest BCUT2D eigenvalue weighted by Gasteiger charge is 2.41. The highest BCUT2D eigenvalue weighted by Crippen LogP contribution is 2.44. The number of carbonyl (C=O) groups is 3. The molecule has 5 aromatic carbocycles. The van der Waals surface area contributed by atoms with E-state index in [0.29, 0.717) is 52.3 Å². The first-order valence-corrected chi connectivity index (χ1v) is 18.4. The van der Waals surface area contributed by atoms with E-state index >= 15 is 0 Å². The third kappa shape index (κ3) is 7.07. The molecule has 0 aliphatic carbocycles. The predicted octanol–water partition coefficient (Wildman–Crippen LogP) is 8.88. The molecule has 3 amide bonds. The monoisotopic (exact) mass is 739 g/mol. The smallest absolute Gasteiger partial charge is 0.410 e. The molecule has 1 unspecified atom stereocenters. The number of likely N-dealkylation sites (tertiary alicyclic amines) is 1. The van der Waals surface area contributed by atoms with Crippen molar-refractivity contribution >= 4 is 46.2 Å². The van der Waals surface area contributed by atoms with E-state index in [4.69, 9.17) is 27.2 Å². The molecule has 274 valence electrons. The van der Waals surface area contributed by atoms with Crippen molar-refractivity contribution in [1.29, 1.82) is 0 Å². The summed E-state index contributed by atoms with van der Waals surface area (Å²) in [4.78, 5) is 41.0. The van der Waals surface area contributed by atoms with Crippen molar-refractivity contribution in [3.05, 3.63) is 155 Å². The summed E-state index contributed by atoms with van der Waals surface area (Å²) in [5.41, 5.74) is 9.30. The van der Waals surface area contributed by atoms with Crippen molar-refractivity contribution < 1.29 is 19.1 Å². The highest BCUT2D eigenvalue weighted by molar-refractivity contribution is 6.33. The fourth-order valence-electron chi connectivity index (χ4n) is 7.34. The number of hydrogen-bond acceptors (Lipinski definition) is 5. The second-order valence-electron chi connectivity index (χ2n) is 14.6. The van der Waals surface area contributed by atoms with Crippen LogP contribution < -0.4 is 11.1 Å². The summed E-state index contributed by atoms with van der Waals surface area (Å²) >= 11 is 6.72. The normalized spacial score (nSPS) is 14.8. The molecule has 3 N–H and O–H groups in total. The van der Waals surface area contributed by atoms with Gasteiger partial charge in [-0.2, -0.15) is 5.10 Å². The fourth-order valence-corrected chi connectivity index (χ4v) is 7.57. The maximum atomic E-state index is 14.3. The zero-order chi connectivity index (χ0) is 38.0. The molecular formula is C44H42ClN5O4. The molecule has 1 aromatic heterocycles. The van der Waals surface area contributed by atoms with Gasteiger partial charge in [-0.25, -0.2) is 9.48 Å². The van der Waals surface area contributed by atoms with Gasteiger partial charge < -0.3 is 20.7 Å². The Morgan fingerprint density at radius 3 is 1.96 bits per heavy atom. The number of rotatable bonds is 8. The van der Waals surface area contributed by atoms with Gasteiger partial charge in [-0.1, -0.05) is 109 Å². The van der Waals surface area contributed by atoms with Gasteiger partial charge in [-0.05, 0) is 86.2 Å². The van der Waals surface area contributed by atoms with Crippen LogP contribution in [-0.4, -0.2) is 51.3 Å². The van der Waals surface area contributed by atoms with Gasteiger partial charge in [0.1, 0.15) is 11.1 Å². The number of amides is 3. The maximum Gasteiger partial charge on any atom is 0.410 e. The van der Waals surface area contributed by atoms with Gasteiger partial charge in [0.05, 0.1) is 11.4 Å². The number of benzene rings is 5. The third-order valence-corrected chi connectivity index (χ3v) is 10.1. The predicted molar refractivity (Wildman–Crippen MR) is 212 cm³/mol. The van der Waals surface area contributed by atoms with E-state index in [0.717, 1.165) is 22.2 Å². The lowest BCUT2D eigenvalue weighted by Gasteiger charge is -2.37. The SMILES string of the molecule is CC(C)(C)OC(=O)N1CCCC(C(=O)Nc2nn(C(c3ccccc3)(c3ccccc3)c3ccccc3)c3ccc(-c4cc(C(N)=O)ccc4Cl)cc23)C1. The molecule has 0 saturated carbocycles. The fraction of sp³-hybridized carbons (Fsp3) is 0.227. The Bertz CT molecular complexity index is 2220. The first kappa shape index (κ1) is 36.4. The van der Waals surface area contributed by atoms with Crippen LogP contribution in [0.1, 0.15) is 60.7 Å². The summed E-state index contributed by atoms with van der Waals surface area (Å²) in [6.07, 6.45) is 0.824. The van der Waals surface area contributed by atoms with Gasteiger partial charge in [0.15, 0.2) is 5.82 Å².